The molecule has 118 valence electrons. The summed E-state index contributed by atoms with van der Waals surface area (Å²) < 4.78 is 32.6. The van der Waals surface area contributed by atoms with Gasteiger partial charge in [-0.15, -0.1) is 11.3 Å². The van der Waals surface area contributed by atoms with Crippen LogP contribution in [0.4, 0.5) is 0 Å². The van der Waals surface area contributed by atoms with Crippen molar-refractivity contribution in [1.29, 1.82) is 0 Å². The number of hydrogen-bond acceptors (Lipinski definition) is 5. The van der Waals surface area contributed by atoms with E-state index in [1.165, 1.54) is 28.5 Å². The fourth-order valence-electron chi connectivity index (χ4n) is 2.52. The fraction of sp³-hybridized carbons (Fsp3) is 0.714. The number of nitrogens with zero attached hydrogens (tertiary/aromatic N) is 1. The Hall–Kier alpha value is -0.470. The van der Waals surface area contributed by atoms with Gasteiger partial charge in [0.05, 0.1) is 0 Å². The van der Waals surface area contributed by atoms with Crippen molar-refractivity contribution in [3.05, 3.63) is 17.0 Å². The first-order valence-corrected chi connectivity index (χ1v) is 9.76. The van der Waals surface area contributed by atoms with Gasteiger partial charge in [0.15, 0.2) is 0 Å². The van der Waals surface area contributed by atoms with Crippen molar-refractivity contribution in [3.63, 3.8) is 0 Å². The zero-order valence-corrected chi connectivity index (χ0v) is 13.9. The maximum absolute atomic E-state index is 12.7. The smallest absolute Gasteiger partial charge is 0.252 e. The molecule has 5 nitrogen and oxygen atoms in total. The average molecular weight is 330 g/mol. The van der Waals surface area contributed by atoms with Gasteiger partial charge in [-0.25, -0.2) is 8.42 Å². The maximum atomic E-state index is 12.7. The van der Waals surface area contributed by atoms with E-state index in [9.17, 15) is 8.42 Å². The van der Waals surface area contributed by atoms with Gasteiger partial charge in [-0.05, 0) is 42.7 Å². The Bertz CT molecular complexity index is 575. The van der Waals surface area contributed by atoms with Crippen LogP contribution in [0.25, 0.3) is 0 Å². The van der Waals surface area contributed by atoms with Crippen LogP contribution in [0.3, 0.4) is 0 Å². The molecule has 1 N–H and O–H groups in total. The third kappa shape index (κ3) is 3.65. The van der Waals surface area contributed by atoms with Crippen LogP contribution in [0.2, 0.25) is 0 Å². The molecule has 2 fully saturated rings. The largest absolute Gasteiger partial charge is 0.381 e. The van der Waals surface area contributed by atoms with E-state index in [0.29, 0.717) is 23.5 Å². The lowest BCUT2D eigenvalue weighted by molar-refractivity contribution is 0.0632. The third-order valence-corrected chi connectivity index (χ3v) is 7.51. The van der Waals surface area contributed by atoms with Gasteiger partial charge < -0.3 is 10.1 Å². The molecule has 1 aliphatic heterocycles. The molecular weight excluding hydrogens is 308 g/mol. The van der Waals surface area contributed by atoms with E-state index < -0.39 is 10.0 Å². The molecular formula is C14H22N2O3S2. The molecule has 1 aliphatic carbocycles. The lowest BCUT2D eigenvalue weighted by Crippen LogP contribution is -2.40. The number of ether oxygens (including phenoxy) is 1. The van der Waals surface area contributed by atoms with Crippen LogP contribution in [0.5, 0.6) is 0 Å². The number of sulfonamides is 1. The van der Waals surface area contributed by atoms with Crippen LogP contribution in [-0.4, -0.2) is 45.1 Å². The first kappa shape index (κ1) is 15.4. The van der Waals surface area contributed by atoms with Crippen molar-refractivity contribution in [3.8, 4) is 0 Å². The molecule has 7 heteroatoms. The van der Waals surface area contributed by atoms with E-state index in [1.807, 2.05) is 11.4 Å². The van der Waals surface area contributed by atoms with Crippen LogP contribution >= 0.6 is 11.3 Å². The Morgan fingerprint density at radius 1 is 1.33 bits per heavy atom. The average Bonchev–Trinajstić information content (AvgIpc) is 3.21. The Labute approximate surface area is 130 Å². The van der Waals surface area contributed by atoms with Crippen LogP contribution in [0.15, 0.2) is 15.7 Å². The number of rotatable bonds is 6. The first-order chi connectivity index (χ1) is 10.1. The third-order valence-electron chi connectivity index (χ3n) is 4.14. The molecule has 3 rings (SSSR count). The van der Waals surface area contributed by atoms with E-state index in [0.717, 1.165) is 24.9 Å². The van der Waals surface area contributed by atoms with E-state index in [1.54, 1.807) is 7.05 Å². The zero-order valence-electron chi connectivity index (χ0n) is 12.2. The van der Waals surface area contributed by atoms with Crippen molar-refractivity contribution < 1.29 is 13.2 Å². The molecule has 1 aromatic heterocycles. The molecule has 0 amide bonds. The van der Waals surface area contributed by atoms with Gasteiger partial charge >= 0.3 is 0 Å². The minimum atomic E-state index is -3.37. The van der Waals surface area contributed by atoms with Crippen LogP contribution in [0, 0.1) is 0 Å². The molecule has 0 bridgehead atoms. The van der Waals surface area contributed by atoms with Gasteiger partial charge in [0, 0.05) is 38.9 Å². The second-order valence-corrected chi connectivity index (χ2v) is 8.93. The van der Waals surface area contributed by atoms with Crippen molar-refractivity contribution in [2.45, 2.75) is 48.5 Å². The summed E-state index contributed by atoms with van der Waals surface area (Å²) in [6.07, 6.45) is 4.03. The fourth-order valence-corrected chi connectivity index (χ4v) is 5.33. The predicted molar refractivity (Wildman–Crippen MR) is 83.0 cm³/mol. The lowest BCUT2D eigenvalue weighted by atomic mass is 10.1. The standard InChI is InChI=1S/C14H22N2O3S2/c1-16(13-4-6-19-7-5-13)21(17,18)14-8-11(10-20-14)9-15-12-2-3-12/h8,10,12-13,15H,2-7,9H2,1H3. The highest BCUT2D eigenvalue weighted by Gasteiger charge is 2.30. The van der Waals surface area contributed by atoms with Gasteiger partial charge in [-0.1, -0.05) is 0 Å². The molecule has 0 atom stereocenters. The van der Waals surface area contributed by atoms with Crippen LogP contribution in [-0.2, 0) is 21.3 Å². The predicted octanol–water partition coefficient (Wildman–Crippen LogP) is 1.80. The van der Waals surface area contributed by atoms with Crippen molar-refractivity contribution in [2.75, 3.05) is 20.3 Å². The molecule has 21 heavy (non-hydrogen) atoms. The van der Waals surface area contributed by atoms with Crippen molar-refractivity contribution in [1.82, 2.24) is 9.62 Å². The van der Waals surface area contributed by atoms with Crippen LogP contribution < -0.4 is 5.32 Å². The van der Waals surface area contributed by atoms with Gasteiger partial charge in [0.2, 0.25) is 0 Å². The monoisotopic (exact) mass is 330 g/mol. The minimum absolute atomic E-state index is 0.0545. The van der Waals surface area contributed by atoms with E-state index in [-0.39, 0.29) is 6.04 Å². The van der Waals surface area contributed by atoms with Gasteiger partial charge in [0.25, 0.3) is 10.0 Å². The summed E-state index contributed by atoms with van der Waals surface area (Å²) in [6.45, 7) is 2.05. The molecule has 1 aromatic rings. The first-order valence-electron chi connectivity index (χ1n) is 7.44. The second-order valence-electron chi connectivity index (χ2n) is 5.79. The molecule has 1 saturated heterocycles. The normalized spacial score (nSPS) is 21.0. The summed E-state index contributed by atoms with van der Waals surface area (Å²) in [6, 6.07) is 2.50. The molecule has 0 unspecified atom stereocenters. The highest BCUT2D eigenvalue weighted by atomic mass is 32.2. The SMILES string of the molecule is CN(C1CCOCC1)S(=O)(=O)c1cc(CNC2CC2)cs1. The number of thiophene rings is 1. The van der Waals surface area contributed by atoms with E-state index in [2.05, 4.69) is 5.32 Å². The zero-order chi connectivity index (χ0) is 14.9. The second kappa shape index (κ2) is 6.34. The molecule has 1 saturated carbocycles. The molecule has 2 aliphatic rings. The van der Waals surface area contributed by atoms with E-state index >= 15 is 0 Å². The lowest BCUT2D eigenvalue weighted by Gasteiger charge is -2.29. The minimum Gasteiger partial charge on any atom is -0.381 e. The summed E-state index contributed by atoms with van der Waals surface area (Å²) in [4.78, 5) is 0. The van der Waals surface area contributed by atoms with E-state index in [4.69, 9.17) is 4.74 Å². The maximum Gasteiger partial charge on any atom is 0.252 e. The Morgan fingerprint density at radius 3 is 2.71 bits per heavy atom. The van der Waals surface area contributed by atoms with Gasteiger partial charge in [0.1, 0.15) is 4.21 Å². The quantitative estimate of drug-likeness (QED) is 0.864. The highest BCUT2D eigenvalue weighted by molar-refractivity contribution is 7.91. The van der Waals surface area contributed by atoms with Crippen molar-refractivity contribution >= 4 is 21.4 Å². The van der Waals surface area contributed by atoms with Crippen LogP contribution in [0.1, 0.15) is 31.2 Å². The Kier molecular flexibility index (Phi) is 4.66. The summed E-state index contributed by atoms with van der Waals surface area (Å²) in [5.74, 6) is 0. The molecule has 0 spiro atoms. The highest BCUT2D eigenvalue weighted by Crippen LogP contribution is 2.27. The Morgan fingerprint density at radius 2 is 2.05 bits per heavy atom. The molecule has 2 heterocycles. The summed E-state index contributed by atoms with van der Waals surface area (Å²) >= 11 is 1.32. The molecule has 0 aromatic carbocycles. The van der Waals surface area contributed by atoms with Gasteiger partial charge in [-0.2, -0.15) is 4.31 Å². The molecule has 0 radical (unpaired) electrons. The summed E-state index contributed by atoms with van der Waals surface area (Å²) in [5, 5.41) is 5.36. The summed E-state index contributed by atoms with van der Waals surface area (Å²) in [7, 11) is -1.68. The van der Waals surface area contributed by atoms with Gasteiger partial charge in [-0.3, -0.25) is 0 Å². The number of hydrogen-bond donors (Lipinski definition) is 1. The van der Waals surface area contributed by atoms with Crippen molar-refractivity contribution in [2.24, 2.45) is 0 Å². The topological polar surface area (TPSA) is 58.6 Å². The Balaban J connectivity index is 1.67. The summed E-state index contributed by atoms with van der Waals surface area (Å²) in [5.41, 5.74) is 1.06. The number of nitrogens with one attached hydrogen (secondary N) is 1.